The summed E-state index contributed by atoms with van der Waals surface area (Å²) in [5.74, 6) is -0.979. The molecule has 5 nitrogen and oxygen atoms in total. The van der Waals surface area contributed by atoms with Gasteiger partial charge in [0.05, 0.1) is 6.54 Å². The Balaban J connectivity index is 3.52. The Kier molecular flexibility index (Phi) is 5.55. The normalized spacial score (nSPS) is 11.6. The maximum Gasteiger partial charge on any atom is 0.333 e. The van der Waals surface area contributed by atoms with Crippen LogP contribution in [0.1, 0.15) is 13.8 Å². The molecule has 14 heavy (non-hydrogen) atoms. The Morgan fingerprint density at radius 1 is 1.57 bits per heavy atom. The van der Waals surface area contributed by atoms with Crippen LogP contribution in [0, 0.1) is 0 Å². The molecule has 0 saturated heterocycles. The first-order chi connectivity index (χ1) is 6.45. The van der Waals surface area contributed by atoms with E-state index in [1.165, 1.54) is 13.8 Å². The van der Waals surface area contributed by atoms with Crippen molar-refractivity contribution in [1.29, 1.82) is 0 Å². The maximum absolute atomic E-state index is 10.8. The van der Waals surface area contributed by atoms with E-state index in [4.69, 9.17) is 9.84 Å². The molecule has 0 radical (unpaired) electrons. The van der Waals surface area contributed by atoms with E-state index in [1.807, 2.05) is 0 Å². The number of amides is 1. The highest BCUT2D eigenvalue weighted by Crippen LogP contribution is 1.90. The van der Waals surface area contributed by atoms with Gasteiger partial charge in [-0.1, -0.05) is 6.58 Å². The number of carbonyl (C=O) groups excluding carboxylic acids is 2. The van der Waals surface area contributed by atoms with E-state index in [1.54, 1.807) is 0 Å². The number of esters is 1. The molecular weight excluding hydrogens is 186 g/mol. The van der Waals surface area contributed by atoms with E-state index in [2.05, 4.69) is 11.9 Å². The van der Waals surface area contributed by atoms with Gasteiger partial charge in [-0.15, -0.1) is 0 Å². The van der Waals surface area contributed by atoms with E-state index in [0.717, 1.165) is 0 Å². The van der Waals surface area contributed by atoms with E-state index in [-0.39, 0.29) is 13.2 Å². The van der Waals surface area contributed by atoms with Crippen molar-refractivity contribution >= 4 is 11.9 Å². The molecule has 0 bridgehead atoms. The topological polar surface area (TPSA) is 75.6 Å². The first kappa shape index (κ1) is 12.6. The third-order valence-electron chi connectivity index (χ3n) is 1.36. The van der Waals surface area contributed by atoms with Gasteiger partial charge in [0.15, 0.2) is 0 Å². The Hall–Kier alpha value is -1.36. The van der Waals surface area contributed by atoms with Crippen LogP contribution in [0.15, 0.2) is 12.2 Å². The summed E-state index contributed by atoms with van der Waals surface area (Å²) in [5, 5.41) is 11.2. The molecule has 0 fully saturated rings. The molecule has 0 aliphatic rings. The minimum Gasteiger partial charge on any atom is -0.460 e. The highest BCUT2D eigenvalue weighted by atomic mass is 16.5. The van der Waals surface area contributed by atoms with Crippen LogP contribution in [0.5, 0.6) is 0 Å². The van der Waals surface area contributed by atoms with E-state index < -0.39 is 18.0 Å². The third kappa shape index (κ3) is 5.31. The molecule has 1 atom stereocenters. The first-order valence-electron chi connectivity index (χ1n) is 4.23. The van der Waals surface area contributed by atoms with Crippen molar-refractivity contribution in [3.8, 4) is 0 Å². The van der Waals surface area contributed by atoms with Gasteiger partial charge < -0.3 is 15.2 Å². The third-order valence-corrected chi connectivity index (χ3v) is 1.36. The predicted molar refractivity (Wildman–Crippen MR) is 50.5 cm³/mol. The summed E-state index contributed by atoms with van der Waals surface area (Å²) >= 11 is 0. The summed E-state index contributed by atoms with van der Waals surface area (Å²) in [4.78, 5) is 21.6. The smallest absolute Gasteiger partial charge is 0.333 e. The van der Waals surface area contributed by atoms with Gasteiger partial charge >= 0.3 is 5.97 Å². The molecule has 0 rings (SSSR count). The van der Waals surface area contributed by atoms with E-state index in [0.29, 0.717) is 5.57 Å². The average molecular weight is 201 g/mol. The van der Waals surface area contributed by atoms with Gasteiger partial charge in [-0.3, -0.25) is 4.79 Å². The molecule has 0 aromatic carbocycles. The molecule has 2 N–H and O–H groups in total. The minimum absolute atomic E-state index is 0.0736. The Bertz CT molecular complexity index is 235. The number of nitrogens with one attached hydrogen (secondary N) is 1. The van der Waals surface area contributed by atoms with Gasteiger partial charge in [-0.05, 0) is 13.8 Å². The summed E-state index contributed by atoms with van der Waals surface area (Å²) in [6.45, 7) is 6.55. The van der Waals surface area contributed by atoms with Gasteiger partial charge in [-0.2, -0.15) is 0 Å². The van der Waals surface area contributed by atoms with E-state index >= 15 is 0 Å². The Morgan fingerprint density at radius 3 is 2.57 bits per heavy atom. The number of carbonyl (C=O) groups is 2. The lowest BCUT2D eigenvalue weighted by molar-refractivity contribution is -0.139. The Labute approximate surface area is 82.7 Å². The van der Waals surface area contributed by atoms with Crippen LogP contribution in [0.2, 0.25) is 0 Å². The highest BCUT2D eigenvalue weighted by molar-refractivity contribution is 5.87. The molecular formula is C9H15NO4. The molecule has 5 heteroatoms. The van der Waals surface area contributed by atoms with Crippen LogP contribution in [0.25, 0.3) is 0 Å². The van der Waals surface area contributed by atoms with Crippen molar-refractivity contribution in [3.05, 3.63) is 12.2 Å². The first-order valence-corrected chi connectivity index (χ1v) is 4.23. The van der Waals surface area contributed by atoms with Crippen LogP contribution in [-0.2, 0) is 14.3 Å². The molecule has 0 aromatic rings. The molecule has 0 aliphatic carbocycles. The SMILES string of the molecule is C=C(C)C(=O)OCCNC(=O)C(C)O. The van der Waals surface area contributed by atoms with Crippen molar-refractivity contribution in [3.63, 3.8) is 0 Å². The van der Waals surface area contributed by atoms with Gasteiger partial charge in [0.25, 0.3) is 0 Å². The zero-order chi connectivity index (χ0) is 11.1. The van der Waals surface area contributed by atoms with Crippen molar-refractivity contribution < 1.29 is 19.4 Å². The zero-order valence-corrected chi connectivity index (χ0v) is 8.37. The quantitative estimate of drug-likeness (QED) is 0.360. The van der Waals surface area contributed by atoms with Crippen molar-refractivity contribution in [2.24, 2.45) is 0 Å². The molecule has 0 aliphatic heterocycles. The molecule has 0 spiro atoms. The number of aliphatic hydroxyl groups excluding tert-OH is 1. The summed E-state index contributed by atoms with van der Waals surface area (Å²) in [6, 6.07) is 0. The van der Waals surface area contributed by atoms with E-state index in [9.17, 15) is 9.59 Å². The second-order valence-corrected chi connectivity index (χ2v) is 2.88. The van der Waals surface area contributed by atoms with Crippen LogP contribution in [0.3, 0.4) is 0 Å². The molecule has 1 unspecified atom stereocenters. The fourth-order valence-electron chi connectivity index (χ4n) is 0.589. The van der Waals surface area contributed by atoms with Crippen LogP contribution < -0.4 is 5.32 Å². The Morgan fingerprint density at radius 2 is 2.14 bits per heavy atom. The van der Waals surface area contributed by atoms with Crippen LogP contribution in [-0.4, -0.2) is 36.2 Å². The fourth-order valence-corrected chi connectivity index (χ4v) is 0.589. The number of rotatable bonds is 5. The number of aliphatic hydroxyl groups is 1. The number of ether oxygens (including phenoxy) is 1. The summed E-state index contributed by atoms with van der Waals surface area (Å²) in [5.41, 5.74) is 0.312. The second kappa shape index (κ2) is 6.15. The fraction of sp³-hybridized carbons (Fsp3) is 0.556. The number of hydrogen-bond donors (Lipinski definition) is 2. The van der Waals surface area contributed by atoms with Crippen LogP contribution >= 0.6 is 0 Å². The van der Waals surface area contributed by atoms with Gasteiger partial charge in [0.2, 0.25) is 5.91 Å². The van der Waals surface area contributed by atoms with Crippen LogP contribution in [0.4, 0.5) is 0 Å². The second-order valence-electron chi connectivity index (χ2n) is 2.88. The molecule has 0 heterocycles. The highest BCUT2D eigenvalue weighted by Gasteiger charge is 2.07. The lowest BCUT2D eigenvalue weighted by Crippen LogP contribution is -2.35. The zero-order valence-electron chi connectivity index (χ0n) is 8.37. The van der Waals surface area contributed by atoms with Crippen molar-refractivity contribution in [1.82, 2.24) is 5.32 Å². The molecule has 0 aromatic heterocycles. The van der Waals surface area contributed by atoms with Crippen molar-refractivity contribution in [2.45, 2.75) is 20.0 Å². The number of hydrogen-bond acceptors (Lipinski definition) is 4. The summed E-state index contributed by atoms with van der Waals surface area (Å²) in [7, 11) is 0. The monoisotopic (exact) mass is 201 g/mol. The lowest BCUT2D eigenvalue weighted by Gasteiger charge is -2.07. The predicted octanol–water partition coefficient (Wildman–Crippen LogP) is -0.397. The van der Waals surface area contributed by atoms with Gasteiger partial charge in [0.1, 0.15) is 12.7 Å². The van der Waals surface area contributed by atoms with Gasteiger partial charge in [-0.25, -0.2) is 4.79 Å². The molecule has 1 amide bonds. The summed E-state index contributed by atoms with van der Waals surface area (Å²) < 4.78 is 4.70. The largest absolute Gasteiger partial charge is 0.460 e. The average Bonchev–Trinajstić information content (AvgIpc) is 2.11. The van der Waals surface area contributed by atoms with Crippen molar-refractivity contribution in [2.75, 3.05) is 13.2 Å². The summed E-state index contributed by atoms with van der Waals surface area (Å²) in [6.07, 6.45) is -1.05. The lowest BCUT2D eigenvalue weighted by atomic mass is 10.4. The minimum atomic E-state index is -1.05. The molecule has 80 valence electrons. The van der Waals surface area contributed by atoms with Gasteiger partial charge in [0, 0.05) is 5.57 Å². The standard InChI is InChI=1S/C9H15NO4/c1-6(2)9(13)14-5-4-10-8(12)7(3)11/h7,11H,1,4-5H2,2-3H3,(H,10,12). The molecule has 0 saturated carbocycles. The maximum atomic E-state index is 10.8.